The van der Waals surface area contributed by atoms with Crippen molar-refractivity contribution in [3.63, 3.8) is 0 Å². The van der Waals surface area contributed by atoms with E-state index in [2.05, 4.69) is 44.3 Å². The smallest absolute Gasteiger partial charge is 0.120 e. The molecular formula is C15H24ClNO. The van der Waals surface area contributed by atoms with Crippen LogP contribution in [0.1, 0.15) is 43.7 Å². The predicted octanol–water partition coefficient (Wildman–Crippen LogP) is 3.67. The lowest BCUT2D eigenvalue weighted by atomic mass is 9.98. The molecule has 0 aliphatic carbocycles. The van der Waals surface area contributed by atoms with Crippen LogP contribution in [0, 0.1) is 6.92 Å². The van der Waals surface area contributed by atoms with Gasteiger partial charge in [-0.15, -0.1) is 12.4 Å². The number of piperidine rings is 1. The van der Waals surface area contributed by atoms with Crippen molar-refractivity contribution in [3.8, 4) is 5.75 Å². The van der Waals surface area contributed by atoms with E-state index < -0.39 is 0 Å². The summed E-state index contributed by atoms with van der Waals surface area (Å²) in [5.41, 5.74) is 2.75. The van der Waals surface area contributed by atoms with Gasteiger partial charge in [-0.2, -0.15) is 0 Å². The van der Waals surface area contributed by atoms with Gasteiger partial charge < -0.3 is 10.1 Å². The summed E-state index contributed by atoms with van der Waals surface area (Å²) in [6, 6.07) is 6.48. The van der Waals surface area contributed by atoms with Gasteiger partial charge in [-0.25, -0.2) is 0 Å². The molecule has 1 aromatic carbocycles. The van der Waals surface area contributed by atoms with Gasteiger partial charge in [0.25, 0.3) is 0 Å². The summed E-state index contributed by atoms with van der Waals surface area (Å²) >= 11 is 0. The Morgan fingerprint density at radius 3 is 2.67 bits per heavy atom. The van der Waals surface area contributed by atoms with E-state index in [1.165, 1.54) is 17.5 Å². The van der Waals surface area contributed by atoms with Crippen LogP contribution in [0.4, 0.5) is 0 Å². The second-order valence-electron chi connectivity index (χ2n) is 5.26. The van der Waals surface area contributed by atoms with Gasteiger partial charge in [0.15, 0.2) is 0 Å². The van der Waals surface area contributed by atoms with Gasteiger partial charge in [-0.1, -0.05) is 19.9 Å². The first-order chi connectivity index (χ1) is 8.16. The van der Waals surface area contributed by atoms with Crippen molar-refractivity contribution in [2.75, 3.05) is 13.1 Å². The van der Waals surface area contributed by atoms with Gasteiger partial charge in [-0.3, -0.25) is 0 Å². The van der Waals surface area contributed by atoms with Crippen LogP contribution in [0.25, 0.3) is 0 Å². The molecule has 1 aliphatic heterocycles. The van der Waals surface area contributed by atoms with Crippen LogP contribution in [0.5, 0.6) is 5.75 Å². The standard InChI is InChI=1S/C15H23NO.ClH/c1-11(2)15-7-6-13(9-12(15)3)17-14-5-4-8-16-10-14;/h6-7,9,11,14,16H,4-5,8,10H2,1-3H3;1H. The molecule has 0 radical (unpaired) electrons. The summed E-state index contributed by atoms with van der Waals surface area (Å²) in [6.45, 7) is 8.74. The number of aryl methyl sites for hydroxylation is 1. The molecule has 1 fully saturated rings. The lowest BCUT2D eigenvalue weighted by Crippen LogP contribution is -2.37. The summed E-state index contributed by atoms with van der Waals surface area (Å²) in [5, 5.41) is 3.37. The molecule has 1 unspecified atom stereocenters. The number of nitrogens with one attached hydrogen (secondary N) is 1. The Labute approximate surface area is 117 Å². The quantitative estimate of drug-likeness (QED) is 0.904. The Hall–Kier alpha value is -0.730. The molecule has 2 nitrogen and oxygen atoms in total. The van der Waals surface area contributed by atoms with E-state index in [9.17, 15) is 0 Å². The second kappa shape index (κ2) is 7.01. The number of halogens is 1. The van der Waals surface area contributed by atoms with Crippen molar-refractivity contribution >= 4 is 12.4 Å². The van der Waals surface area contributed by atoms with Crippen molar-refractivity contribution in [2.45, 2.75) is 45.6 Å². The third kappa shape index (κ3) is 3.89. The molecule has 0 aromatic heterocycles. The van der Waals surface area contributed by atoms with Gasteiger partial charge in [0.05, 0.1) is 0 Å². The number of hydrogen-bond donors (Lipinski definition) is 1. The molecule has 0 bridgehead atoms. The maximum absolute atomic E-state index is 6.01. The zero-order valence-corrected chi connectivity index (χ0v) is 12.3. The first-order valence-corrected chi connectivity index (χ1v) is 6.64. The van der Waals surface area contributed by atoms with Crippen molar-refractivity contribution in [3.05, 3.63) is 29.3 Å². The minimum atomic E-state index is 0. The number of ether oxygens (including phenoxy) is 1. The minimum Gasteiger partial charge on any atom is -0.489 e. The van der Waals surface area contributed by atoms with Crippen LogP contribution in [0.3, 0.4) is 0 Å². The molecule has 18 heavy (non-hydrogen) atoms. The summed E-state index contributed by atoms with van der Waals surface area (Å²) in [7, 11) is 0. The lowest BCUT2D eigenvalue weighted by molar-refractivity contribution is 0.167. The molecule has 1 atom stereocenters. The number of rotatable bonds is 3. The van der Waals surface area contributed by atoms with Crippen LogP contribution in [0.2, 0.25) is 0 Å². The van der Waals surface area contributed by atoms with Crippen molar-refractivity contribution in [1.82, 2.24) is 5.32 Å². The van der Waals surface area contributed by atoms with Crippen LogP contribution >= 0.6 is 12.4 Å². The predicted molar refractivity (Wildman–Crippen MR) is 79.0 cm³/mol. The van der Waals surface area contributed by atoms with Crippen LogP contribution in [0.15, 0.2) is 18.2 Å². The molecule has 3 heteroatoms. The Bertz CT molecular complexity index is 373. The highest BCUT2D eigenvalue weighted by Crippen LogP contribution is 2.24. The summed E-state index contributed by atoms with van der Waals surface area (Å²) in [5.74, 6) is 1.60. The van der Waals surface area contributed by atoms with E-state index in [0.717, 1.165) is 25.3 Å². The topological polar surface area (TPSA) is 21.3 Å². The average Bonchev–Trinajstić information content (AvgIpc) is 2.30. The van der Waals surface area contributed by atoms with Crippen molar-refractivity contribution in [1.29, 1.82) is 0 Å². The first kappa shape index (κ1) is 15.3. The maximum Gasteiger partial charge on any atom is 0.120 e. The fourth-order valence-electron chi connectivity index (χ4n) is 2.48. The molecule has 0 saturated carbocycles. The van der Waals surface area contributed by atoms with E-state index >= 15 is 0 Å². The number of hydrogen-bond acceptors (Lipinski definition) is 2. The normalized spacial score (nSPS) is 19.4. The van der Waals surface area contributed by atoms with Crippen LogP contribution in [-0.4, -0.2) is 19.2 Å². The highest BCUT2D eigenvalue weighted by molar-refractivity contribution is 5.85. The maximum atomic E-state index is 6.01. The van der Waals surface area contributed by atoms with E-state index in [-0.39, 0.29) is 12.4 Å². The van der Waals surface area contributed by atoms with Crippen LogP contribution in [-0.2, 0) is 0 Å². The van der Waals surface area contributed by atoms with Crippen molar-refractivity contribution < 1.29 is 4.74 Å². The second-order valence-corrected chi connectivity index (χ2v) is 5.26. The largest absolute Gasteiger partial charge is 0.489 e. The van der Waals surface area contributed by atoms with Gasteiger partial charge in [0.2, 0.25) is 0 Å². The Kier molecular flexibility index (Phi) is 5.97. The zero-order chi connectivity index (χ0) is 12.3. The molecule has 0 spiro atoms. The molecule has 0 amide bonds. The zero-order valence-electron chi connectivity index (χ0n) is 11.5. The highest BCUT2D eigenvalue weighted by Gasteiger charge is 2.14. The molecule has 1 aliphatic rings. The van der Waals surface area contributed by atoms with Gasteiger partial charge in [0, 0.05) is 6.54 Å². The van der Waals surface area contributed by atoms with Gasteiger partial charge in [-0.05, 0) is 55.5 Å². The molecule has 1 saturated heterocycles. The van der Waals surface area contributed by atoms with Gasteiger partial charge in [0.1, 0.15) is 11.9 Å². The van der Waals surface area contributed by atoms with E-state index in [0.29, 0.717) is 12.0 Å². The van der Waals surface area contributed by atoms with Crippen LogP contribution < -0.4 is 10.1 Å². The fourth-order valence-corrected chi connectivity index (χ4v) is 2.48. The average molecular weight is 270 g/mol. The van der Waals surface area contributed by atoms with Crippen molar-refractivity contribution in [2.24, 2.45) is 0 Å². The SMILES string of the molecule is Cc1cc(OC2CCCNC2)ccc1C(C)C.Cl. The Balaban J connectivity index is 0.00000162. The fraction of sp³-hybridized carbons (Fsp3) is 0.600. The van der Waals surface area contributed by atoms with E-state index in [4.69, 9.17) is 4.74 Å². The Morgan fingerprint density at radius 2 is 2.11 bits per heavy atom. The Morgan fingerprint density at radius 1 is 1.33 bits per heavy atom. The molecule has 2 rings (SSSR count). The highest BCUT2D eigenvalue weighted by atomic mass is 35.5. The minimum absolute atomic E-state index is 0. The molecular weight excluding hydrogens is 246 g/mol. The number of benzene rings is 1. The molecule has 1 aromatic rings. The molecule has 102 valence electrons. The summed E-state index contributed by atoms with van der Waals surface area (Å²) in [4.78, 5) is 0. The molecule has 1 N–H and O–H groups in total. The summed E-state index contributed by atoms with van der Waals surface area (Å²) in [6.07, 6.45) is 2.72. The molecule has 1 heterocycles. The first-order valence-electron chi connectivity index (χ1n) is 6.64. The lowest BCUT2D eigenvalue weighted by Gasteiger charge is -2.24. The van der Waals surface area contributed by atoms with E-state index in [1.807, 2.05) is 0 Å². The third-order valence-corrected chi connectivity index (χ3v) is 3.42. The monoisotopic (exact) mass is 269 g/mol. The van der Waals surface area contributed by atoms with E-state index in [1.54, 1.807) is 0 Å². The third-order valence-electron chi connectivity index (χ3n) is 3.42. The summed E-state index contributed by atoms with van der Waals surface area (Å²) < 4.78 is 6.01. The van der Waals surface area contributed by atoms with Gasteiger partial charge >= 0.3 is 0 Å².